The number of hydrogen-bond donors (Lipinski definition) is 3. The van der Waals surface area contributed by atoms with E-state index in [0.29, 0.717) is 19.4 Å². The number of rotatable bonds is 3. The number of likely N-dealkylation sites (N-methyl/N-ethyl adjacent to an activating group) is 1. The molecule has 2 aromatic carbocycles. The molecular weight excluding hydrogens is 364 g/mol. The maximum absolute atomic E-state index is 13.1. The van der Waals surface area contributed by atoms with Crippen molar-refractivity contribution in [2.45, 2.75) is 49.3 Å². The molecule has 3 N–H and O–H groups in total. The Kier molecular flexibility index (Phi) is 4.23. The maximum atomic E-state index is 13.1. The van der Waals surface area contributed by atoms with Gasteiger partial charge in [0.15, 0.2) is 0 Å². The van der Waals surface area contributed by atoms with Crippen molar-refractivity contribution in [3.05, 3.63) is 65.2 Å². The van der Waals surface area contributed by atoms with Crippen LogP contribution in [-0.2, 0) is 23.2 Å². The average molecular weight is 392 g/mol. The molecule has 2 bridgehead atoms. The predicted octanol–water partition coefficient (Wildman–Crippen LogP) is 2.35. The number of aliphatic hydroxyl groups is 1. The molecule has 5 nitrogen and oxygen atoms in total. The van der Waals surface area contributed by atoms with Crippen LogP contribution < -0.4 is 5.32 Å². The second-order valence-corrected chi connectivity index (χ2v) is 9.11. The lowest BCUT2D eigenvalue weighted by Gasteiger charge is -2.58. The summed E-state index contributed by atoms with van der Waals surface area (Å²) in [5, 5.41) is 25.2. The first-order chi connectivity index (χ1) is 13.9. The average Bonchev–Trinajstić information content (AvgIpc) is 3.06. The van der Waals surface area contributed by atoms with Crippen LogP contribution in [0.4, 0.5) is 0 Å². The van der Waals surface area contributed by atoms with Gasteiger partial charge in [0.25, 0.3) is 0 Å². The molecule has 2 aliphatic carbocycles. The van der Waals surface area contributed by atoms with E-state index in [0.717, 1.165) is 30.5 Å². The van der Waals surface area contributed by atoms with Gasteiger partial charge in [-0.05, 0) is 68.1 Å². The predicted molar refractivity (Wildman–Crippen MR) is 110 cm³/mol. The fraction of sp³-hybridized carbons (Fsp3) is 0.458. The van der Waals surface area contributed by atoms with Crippen molar-refractivity contribution in [2.24, 2.45) is 5.92 Å². The van der Waals surface area contributed by atoms with Gasteiger partial charge in [0.2, 0.25) is 5.91 Å². The van der Waals surface area contributed by atoms with Crippen LogP contribution in [0.3, 0.4) is 0 Å². The summed E-state index contributed by atoms with van der Waals surface area (Å²) in [4.78, 5) is 15.3. The third kappa shape index (κ3) is 2.71. The Labute approximate surface area is 171 Å². The van der Waals surface area contributed by atoms with Gasteiger partial charge in [-0.25, -0.2) is 0 Å². The van der Waals surface area contributed by atoms with Crippen molar-refractivity contribution in [3.63, 3.8) is 0 Å². The number of nitrogens with one attached hydrogen (secondary N) is 1. The van der Waals surface area contributed by atoms with Gasteiger partial charge in [-0.2, -0.15) is 0 Å². The van der Waals surface area contributed by atoms with Gasteiger partial charge in [0, 0.05) is 23.9 Å². The molecular formula is C24H28N2O3. The molecule has 5 rings (SSSR count). The van der Waals surface area contributed by atoms with E-state index in [-0.39, 0.29) is 23.6 Å². The summed E-state index contributed by atoms with van der Waals surface area (Å²) in [5.41, 5.74) is 1.89. The summed E-state index contributed by atoms with van der Waals surface area (Å²) in [5.74, 6) is 0.0157. The van der Waals surface area contributed by atoms with Crippen LogP contribution in [0, 0.1) is 5.92 Å². The van der Waals surface area contributed by atoms with E-state index in [1.54, 1.807) is 6.07 Å². The highest BCUT2D eigenvalue weighted by molar-refractivity contribution is 5.80. The Balaban J connectivity index is 1.46. The molecule has 152 valence electrons. The van der Waals surface area contributed by atoms with Crippen molar-refractivity contribution in [1.29, 1.82) is 0 Å². The minimum atomic E-state index is -0.949. The molecule has 5 heteroatoms. The Morgan fingerprint density at radius 1 is 1.21 bits per heavy atom. The molecule has 1 heterocycles. The van der Waals surface area contributed by atoms with Crippen LogP contribution >= 0.6 is 0 Å². The molecule has 0 radical (unpaired) electrons. The number of nitrogens with zero attached hydrogens (tertiary/aromatic N) is 1. The fourth-order valence-electron chi connectivity index (χ4n) is 6.22. The van der Waals surface area contributed by atoms with Gasteiger partial charge in [-0.3, -0.25) is 4.79 Å². The van der Waals surface area contributed by atoms with Crippen LogP contribution in [0.1, 0.15) is 36.0 Å². The normalized spacial score (nSPS) is 33.0. The van der Waals surface area contributed by atoms with E-state index in [4.69, 9.17) is 0 Å². The SMILES string of the molecule is CN1CC[C@]23C[C@@H](C(=O)NCc4ccccc4)C[C@@]2(O)[C@H]1Cc1ccc(O)cc13. The molecule has 0 spiro atoms. The molecule has 0 aromatic heterocycles. The number of phenols is 1. The third-order valence-electron chi connectivity index (χ3n) is 7.66. The number of piperidine rings is 1. The second kappa shape index (κ2) is 6.57. The van der Waals surface area contributed by atoms with E-state index in [2.05, 4.69) is 17.3 Å². The van der Waals surface area contributed by atoms with Crippen molar-refractivity contribution < 1.29 is 15.0 Å². The van der Waals surface area contributed by atoms with Gasteiger partial charge in [-0.1, -0.05) is 36.4 Å². The maximum Gasteiger partial charge on any atom is 0.223 e. The Bertz CT molecular complexity index is 946. The smallest absolute Gasteiger partial charge is 0.223 e. The Hall–Kier alpha value is -2.37. The molecule has 3 aliphatic rings. The van der Waals surface area contributed by atoms with Gasteiger partial charge in [-0.15, -0.1) is 0 Å². The van der Waals surface area contributed by atoms with Crippen LogP contribution in [0.5, 0.6) is 5.75 Å². The van der Waals surface area contributed by atoms with Crippen LogP contribution in [-0.4, -0.2) is 46.3 Å². The van der Waals surface area contributed by atoms with E-state index in [1.807, 2.05) is 42.5 Å². The van der Waals surface area contributed by atoms with Crippen molar-refractivity contribution in [1.82, 2.24) is 10.2 Å². The molecule has 2 fully saturated rings. The van der Waals surface area contributed by atoms with Gasteiger partial charge in [0.1, 0.15) is 5.75 Å². The molecule has 1 saturated carbocycles. The number of likely N-dealkylation sites (tertiary alicyclic amines) is 1. The third-order valence-corrected chi connectivity index (χ3v) is 7.66. The number of carbonyl (C=O) groups is 1. The molecule has 1 saturated heterocycles. The first-order valence-electron chi connectivity index (χ1n) is 10.5. The van der Waals surface area contributed by atoms with Gasteiger partial charge < -0.3 is 20.4 Å². The van der Waals surface area contributed by atoms with Crippen LogP contribution in [0.25, 0.3) is 0 Å². The summed E-state index contributed by atoms with van der Waals surface area (Å²) in [6.45, 7) is 1.39. The quantitative estimate of drug-likeness (QED) is 0.750. The lowest BCUT2D eigenvalue weighted by molar-refractivity contribution is -0.129. The van der Waals surface area contributed by atoms with E-state index < -0.39 is 11.0 Å². The zero-order valence-electron chi connectivity index (χ0n) is 16.8. The minimum Gasteiger partial charge on any atom is -0.508 e. The summed E-state index contributed by atoms with van der Waals surface area (Å²) in [6, 6.07) is 15.4. The number of amides is 1. The fourth-order valence-corrected chi connectivity index (χ4v) is 6.22. The number of benzene rings is 2. The molecule has 29 heavy (non-hydrogen) atoms. The number of fused-ring (bicyclic) bond motifs is 1. The number of aromatic hydroxyl groups is 1. The number of phenolic OH excluding ortho intramolecular Hbond substituents is 1. The zero-order valence-corrected chi connectivity index (χ0v) is 16.8. The van der Waals surface area contributed by atoms with Gasteiger partial charge >= 0.3 is 0 Å². The first-order valence-corrected chi connectivity index (χ1v) is 10.5. The van der Waals surface area contributed by atoms with Crippen molar-refractivity contribution in [2.75, 3.05) is 13.6 Å². The molecule has 2 aromatic rings. The topological polar surface area (TPSA) is 72.8 Å². The largest absolute Gasteiger partial charge is 0.508 e. The monoisotopic (exact) mass is 392 g/mol. The lowest BCUT2D eigenvalue weighted by atomic mass is 9.56. The van der Waals surface area contributed by atoms with E-state index >= 15 is 0 Å². The van der Waals surface area contributed by atoms with Gasteiger partial charge in [0.05, 0.1) is 5.60 Å². The van der Waals surface area contributed by atoms with Crippen molar-refractivity contribution in [3.8, 4) is 5.75 Å². The van der Waals surface area contributed by atoms with Crippen LogP contribution in [0.15, 0.2) is 48.5 Å². The summed E-state index contributed by atoms with van der Waals surface area (Å²) in [6.07, 6.45) is 2.65. The highest BCUT2D eigenvalue weighted by atomic mass is 16.3. The summed E-state index contributed by atoms with van der Waals surface area (Å²) >= 11 is 0. The Morgan fingerprint density at radius 3 is 2.79 bits per heavy atom. The molecule has 0 unspecified atom stereocenters. The standard InChI is InChI=1S/C24H28N2O3/c1-26-10-9-23-13-18(22(28)25-15-16-5-3-2-4-6-16)14-24(23,29)21(26)11-17-7-8-19(27)12-20(17)23/h2-8,12,18,21,27,29H,9-11,13-15H2,1H3,(H,25,28)/t18-,21-,23-,24-/m1/s1. The minimum absolute atomic E-state index is 0.000200. The lowest BCUT2D eigenvalue weighted by Crippen LogP contribution is -2.68. The van der Waals surface area contributed by atoms with Crippen LogP contribution in [0.2, 0.25) is 0 Å². The number of carbonyl (C=O) groups excluding carboxylic acids is 1. The number of hydrogen-bond acceptors (Lipinski definition) is 4. The van der Waals surface area contributed by atoms with E-state index in [1.165, 1.54) is 5.56 Å². The zero-order chi connectivity index (χ0) is 20.2. The summed E-state index contributed by atoms with van der Waals surface area (Å²) in [7, 11) is 2.07. The molecule has 1 amide bonds. The highest BCUT2D eigenvalue weighted by Gasteiger charge is 2.67. The second-order valence-electron chi connectivity index (χ2n) is 9.11. The molecule has 4 atom stereocenters. The molecule has 1 aliphatic heterocycles. The first kappa shape index (κ1) is 18.6. The summed E-state index contributed by atoms with van der Waals surface area (Å²) < 4.78 is 0. The van der Waals surface area contributed by atoms with Crippen molar-refractivity contribution >= 4 is 5.91 Å². The Morgan fingerprint density at radius 2 is 2.00 bits per heavy atom. The highest BCUT2D eigenvalue weighted by Crippen LogP contribution is 2.61. The van der Waals surface area contributed by atoms with E-state index in [9.17, 15) is 15.0 Å².